The molecule has 1 rings (SSSR count). The minimum absolute atomic E-state index is 0.280. The van der Waals surface area contributed by atoms with Crippen LogP contribution in [0.5, 0.6) is 0 Å². The Bertz CT molecular complexity index is 277. The average molecular weight is 242 g/mol. The molecule has 1 saturated carbocycles. The van der Waals surface area contributed by atoms with E-state index in [1.165, 1.54) is 19.3 Å². The van der Waals surface area contributed by atoms with E-state index in [0.717, 1.165) is 13.0 Å². The van der Waals surface area contributed by atoms with Crippen molar-refractivity contribution in [2.24, 2.45) is 5.92 Å². The van der Waals surface area contributed by atoms with E-state index < -0.39 is 12.0 Å². The van der Waals surface area contributed by atoms with E-state index in [0.29, 0.717) is 12.3 Å². The molecule has 0 unspecified atom stereocenters. The highest BCUT2D eigenvalue weighted by atomic mass is 16.4. The summed E-state index contributed by atoms with van der Waals surface area (Å²) in [7, 11) is 1.72. The number of rotatable bonds is 6. The third kappa shape index (κ3) is 4.24. The second kappa shape index (κ2) is 6.47. The zero-order valence-corrected chi connectivity index (χ0v) is 10.6. The Labute approximate surface area is 102 Å². The number of nitrogens with zero attached hydrogens (tertiary/aromatic N) is 1. The van der Waals surface area contributed by atoms with E-state index in [2.05, 4.69) is 5.32 Å². The number of carboxylic acids is 1. The fraction of sp³-hybridized carbons (Fsp3) is 0.833. The van der Waals surface area contributed by atoms with Gasteiger partial charge in [0.15, 0.2) is 0 Å². The summed E-state index contributed by atoms with van der Waals surface area (Å²) < 4.78 is 0. The van der Waals surface area contributed by atoms with Gasteiger partial charge in [-0.1, -0.05) is 19.8 Å². The number of aliphatic carboxylic acids is 1. The predicted molar refractivity (Wildman–Crippen MR) is 64.8 cm³/mol. The Hall–Kier alpha value is -1.26. The summed E-state index contributed by atoms with van der Waals surface area (Å²) in [5.74, 6) is -0.363. The first-order chi connectivity index (χ1) is 8.04. The Balaban J connectivity index is 2.36. The van der Waals surface area contributed by atoms with E-state index in [1.807, 2.05) is 6.92 Å². The van der Waals surface area contributed by atoms with Gasteiger partial charge < -0.3 is 15.3 Å². The molecule has 0 heterocycles. The Kier molecular flexibility index (Phi) is 5.25. The van der Waals surface area contributed by atoms with Crippen molar-refractivity contribution in [2.75, 3.05) is 13.6 Å². The number of hydrogen-bond acceptors (Lipinski definition) is 2. The maximum absolute atomic E-state index is 11.8. The SMILES string of the molecule is CCC[C@H](NC(=O)N(C)CC1CCC1)C(=O)O. The summed E-state index contributed by atoms with van der Waals surface area (Å²) in [5.41, 5.74) is 0. The molecule has 0 aromatic heterocycles. The van der Waals surface area contributed by atoms with Gasteiger partial charge in [0.1, 0.15) is 6.04 Å². The van der Waals surface area contributed by atoms with Gasteiger partial charge in [0.2, 0.25) is 0 Å². The maximum atomic E-state index is 11.8. The third-order valence-corrected chi connectivity index (χ3v) is 3.28. The van der Waals surface area contributed by atoms with Crippen LogP contribution in [0.4, 0.5) is 4.79 Å². The first-order valence-corrected chi connectivity index (χ1v) is 6.29. The molecule has 17 heavy (non-hydrogen) atoms. The molecule has 1 aliphatic rings. The predicted octanol–water partition coefficient (Wildman–Crippen LogP) is 1.68. The normalized spacial score (nSPS) is 17.1. The summed E-state index contributed by atoms with van der Waals surface area (Å²) in [5, 5.41) is 11.5. The molecule has 0 radical (unpaired) electrons. The first-order valence-electron chi connectivity index (χ1n) is 6.29. The largest absolute Gasteiger partial charge is 0.480 e. The molecule has 0 saturated heterocycles. The van der Waals surface area contributed by atoms with Gasteiger partial charge in [0.05, 0.1) is 0 Å². The monoisotopic (exact) mass is 242 g/mol. The van der Waals surface area contributed by atoms with E-state index in [-0.39, 0.29) is 6.03 Å². The van der Waals surface area contributed by atoms with Gasteiger partial charge in [-0.25, -0.2) is 9.59 Å². The number of carbonyl (C=O) groups is 2. The van der Waals surface area contributed by atoms with Crippen molar-refractivity contribution in [3.8, 4) is 0 Å². The number of carbonyl (C=O) groups excluding carboxylic acids is 1. The quantitative estimate of drug-likeness (QED) is 0.744. The van der Waals surface area contributed by atoms with Crippen LogP contribution in [-0.2, 0) is 4.79 Å². The molecule has 5 nitrogen and oxygen atoms in total. The minimum atomic E-state index is -0.961. The molecule has 1 fully saturated rings. The van der Waals surface area contributed by atoms with Gasteiger partial charge in [-0.3, -0.25) is 0 Å². The van der Waals surface area contributed by atoms with Crippen molar-refractivity contribution in [2.45, 2.75) is 45.1 Å². The van der Waals surface area contributed by atoms with Crippen LogP contribution in [0, 0.1) is 5.92 Å². The molecule has 5 heteroatoms. The van der Waals surface area contributed by atoms with E-state index in [9.17, 15) is 9.59 Å². The standard InChI is InChI=1S/C12H22N2O3/c1-3-5-10(11(15)16)13-12(17)14(2)8-9-6-4-7-9/h9-10H,3-8H2,1-2H3,(H,13,17)(H,15,16)/t10-/m0/s1. The lowest BCUT2D eigenvalue weighted by Crippen LogP contribution is -2.48. The first kappa shape index (κ1) is 13.8. The van der Waals surface area contributed by atoms with Crippen molar-refractivity contribution in [1.82, 2.24) is 10.2 Å². The number of carboxylic acid groups (broad SMARTS) is 1. The molecule has 1 atom stereocenters. The molecule has 0 aliphatic heterocycles. The van der Waals surface area contributed by atoms with Crippen LogP contribution in [0.3, 0.4) is 0 Å². The topological polar surface area (TPSA) is 69.6 Å². The second-order valence-corrected chi connectivity index (χ2v) is 4.81. The van der Waals surface area contributed by atoms with Crippen LogP contribution < -0.4 is 5.32 Å². The van der Waals surface area contributed by atoms with Gasteiger partial charge in [-0.2, -0.15) is 0 Å². The van der Waals surface area contributed by atoms with Gasteiger partial charge in [0.25, 0.3) is 0 Å². The van der Waals surface area contributed by atoms with Crippen molar-refractivity contribution < 1.29 is 14.7 Å². The van der Waals surface area contributed by atoms with Gasteiger partial charge >= 0.3 is 12.0 Å². The van der Waals surface area contributed by atoms with Crippen molar-refractivity contribution >= 4 is 12.0 Å². The summed E-state index contributed by atoms with van der Waals surface area (Å²) in [6.07, 6.45) is 4.81. The highest BCUT2D eigenvalue weighted by Gasteiger charge is 2.24. The molecule has 2 amide bonds. The molecule has 0 aromatic rings. The Morgan fingerprint density at radius 2 is 2.12 bits per heavy atom. The fourth-order valence-corrected chi connectivity index (χ4v) is 1.95. The van der Waals surface area contributed by atoms with Crippen molar-refractivity contribution in [3.05, 3.63) is 0 Å². The highest BCUT2D eigenvalue weighted by molar-refractivity contribution is 5.82. The molecule has 2 N–H and O–H groups in total. The molecule has 1 aliphatic carbocycles. The molecule has 0 spiro atoms. The van der Waals surface area contributed by atoms with Crippen LogP contribution >= 0.6 is 0 Å². The molecule has 0 aromatic carbocycles. The van der Waals surface area contributed by atoms with Crippen LogP contribution in [0.1, 0.15) is 39.0 Å². The smallest absolute Gasteiger partial charge is 0.326 e. The lowest BCUT2D eigenvalue weighted by molar-refractivity contribution is -0.139. The van der Waals surface area contributed by atoms with Gasteiger partial charge in [-0.15, -0.1) is 0 Å². The summed E-state index contributed by atoms with van der Waals surface area (Å²) >= 11 is 0. The number of amides is 2. The summed E-state index contributed by atoms with van der Waals surface area (Å²) in [6, 6.07) is -1.05. The fourth-order valence-electron chi connectivity index (χ4n) is 1.95. The molecule has 0 bridgehead atoms. The van der Waals surface area contributed by atoms with Gasteiger partial charge in [0, 0.05) is 13.6 Å². The summed E-state index contributed by atoms with van der Waals surface area (Å²) in [6.45, 7) is 2.63. The zero-order chi connectivity index (χ0) is 12.8. The van der Waals surface area contributed by atoms with Gasteiger partial charge in [-0.05, 0) is 25.2 Å². The second-order valence-electron chi connectivity index (χ2n) is 4.81. The molecular weight excluding hydrogens is 220 g/mol. The molecular formula is C12H22N2O3. The molecule has 98 valence electrons. The number of urea groups is 1. The Morgan fingerprint density at radius 1 is 1.47 bits per heavy atom. The maximum Gasteiger partial charge on any atom is 0.326 e. The van der Waals surface area contributed by atoms with Crippen LogP contribution in [-0.4, -0.2) is 41.6 Å². The lowest BCUT2D eigenvalue weighted by atomic mass is 9.85. The van der Waals surface area contributed by atoms with Crippen LogP contribution in [0.2, 0.25) is 0 Å². The highest BCUT2D eigenvalue weighted by Crippen LogP contribution is 2.26. The van der Waals surface area contributed by atoms with Crippen LogP contribution in [0.15, 0.2) is 0 Å². The Morgan fingerprint density at radius 3 is 2.53 bits per heavy atom. The summed E-state index contributed by atoms with van der Waals surface area (Å²) in [4.78, 5) is 24.3. The number of nitrogens with one attached hydrogen (secondary N) is 1. The number of hydrogen-bond donors (Lipinski definition) is 2. The van der Waals surface area contributed by atoms with E-state index >= 15 is 0 Å². The average Bonchev–Trinajstić information content (AvgIpc) is 2.22. The van der Waals surface area contributed by atoms with E-state index in [4.69, 9.17) is 5.11 Å². The van der Waals surface area contributed by atoms with Crippen molar-refractivity contribution in [1.29, 1.82) is 0 Å². The van der Waals surface area contributed by atoms with E-state index in [1.54, 1.807) is 11.9 Å². The lowest BCUT2D eigenvalue weighted by Gasteiger charge is -2.30. The minimum Gasteiger partial charge on any atom is -0.480 e. The zero-order valence-electron chi connectivity index (χ0n) is 10.6. The third-order valence-electron chi connectivity index (χ3n) is 3.28. The van der Waals surface area contributed by atoms with Crippen molar-refractivity contribution in [3.63, 3.8) is 0 Å². The van der Waals surface area contributed by atoms with Crippen LogP contribution in [0.25, 0.3) is 0 Å².